The first-order valence-electron chi connectivity index (χ1n) is 7.04. The minimum absolute atomic E-state index is 0.254. The van der Waals surface area contributed by atoms with Gasteiger partial charge in [0.1, 0.15) is 6.33 Å². The molecule has 0 bridgehead atoms. The van der Waals surface area contributed by atoms with E-state index < -0.39 is 0 Å². The van der Waals surface area contributed by atoms with Crippen LogP contribution in [0.25, 0.3) is 5.69 Å². The normalized spacial score (nSPS) is 18.1. The maximum absolute atomic E-state index is 10.3. The Kier molecular flexibility index (Phi) is 4.03. The molecular formula is C14H19N5O. The highest BCUT2D eigenvalue weighted by Crippen LogP contribution is 2.20. The molecular weight excluding hydrogens is 254 g/mol. The van der Waals surface area contributed by atoms with Gasteiger partial charge in [0.15, 0.2) is 0 Å². The quantitative estimate of drug-likeness (QED) is 0.851. The van der Waals surface area contributed by atoms with Crippen LogP contribution in [0.5, 0.6) is 0 Å². The van der Waals surface area contributed by atoms with Crippen molar-refractivity contribution in [2.24, 2.45) is 5.92 Å². The molecule has 1 aromatic heterocycles. The Balaban J connectivity index is 1.63. The van der Waals surface area contributed by atoms with Crippen molar-refractivity contribution in [2.75, 3.05) is 13.1 Å². The SMILES string of the molecule is OC(Cc1ccc(-n2cnnn2)cc1)C1CCNCC1. The van der Waals surface area contributed by atoms with Crippen LogP contribution in [-0.2, 0) is 6.42 Å². The molecule has 1 aliphatic heterocycles. The van der Waals surface area contributed by atoms with E-state index in [0.29, 0.717) is 12.3 Å². The Morgan fingerprint density at radius 2 is 2.00 bits per heavy atom. The van der Waals surface area contributed by atoms with E-state index in [2.05, 4.69) is 20.8 Å². The number of hydrogen-bond donors (Lipinski definition) is 2. The monoisotopic (exact) mass is 273 g/mol. The van der Waals surface area contributed by atoms with Crippen molar-refractivity contribution < 1.29 is 5.11 Å². The summed E-state index contributed by atoms with van der Waals surface area (Å²) in [6.45, 7) is 2.03. The fourth-order valence-corrected chi connectivity index (χ4v) is 2.70. The van der Waals surface area contributed by atoms with E-state index >= 15 is 0 Å². The number of tetrazole rings is 1. The van der Waals surface area contributed by atoms with Crippen molar-refractivity contribution in [3.8, 4) is 5.69 Å². The molecule has 0 amide bonds. The number of benzene rings is 1. The third-order valence-corrected chi connectivity index (χ3v) is 3.92. The van der Waals surface area contributed by atoms with Crippen molar-refractivity contribution >= 4 is 0 Å². The zero-order valence-corrected chi connectivity index (χ0v) is 11.3. The van der Waals surface area contributed by atoms with Gasteiger partial charge >= 0.3 is 0 Å². The molecule has 2 heterocycles. The third kappa shape index (κ3) is 3.02. The van der Waals surface area contributed by atoms with Gasteiger partial charge in [-0.05, 0) is 66.4 Å². The van der Waals surface area contributed by atoms with Crippen LogP contribution < -0.4 is 5.32 Å². The van der Waals surface area contributed by atoms with E-state index in [0.717, 1.165) is 37.2 Å². The van der Waals surface area contributed by atoms with Gasteiger partial charge in [0, 0.05) is 0 Å². The molecule has 0 spiro atoms. The fraction of sp³-hybridized carbons (Fsp3) is 0.500. The molecule has 1 unspecified atom stereocenters. The number of aliphatic hydroxyl groups is 1. The van der Waals surface area contributed by atoms with E-state index in [9.17, 15) is 5.11 Å². The molecule has 0 aliphatic carbocycles. The molecule has 2 N–H and O–H groups in total. The summed E-state index contributed by atoms with van der Waals surface area (Å²) in [6, 6.07) is 8.00. The van der Waals surface area contributed by atoms with Crippen LogP contribution in [0.2, 0.25) is 0 Å². The van der Waals surface area contributed by atoms with Crippen molar-refractivity contribution in [1.29, 1.82) is 0 Å². The summed E-state index contributed by atoms with van der Waals surface area (Å²) in [4.78, 5) is 0. The average molecular weight is 273 g/mol. The highest BCUT2D eigenvalue weighted by molar-refractivity contribution is 5.33. The fourth-order valence-electron chi connectivity index (χ4n) is 2.70. The standard InChI is InChI=1S/C14H19N5O/c20-14(12-5-7-15-8-6-12)9-11-1-3-13(4-2-11)19-10-16-17-18-19/h1-4,10,12,14-15,20H,5-9H2. The van der Waals surface area contributed by atoms with Crippen molar-refractivity contribution in [2.45, 2.75) is 25.4 Å². The van der Waals surface area contributed by atoms with Gasteiger partial charge in [-0.25, -0.2) is 4.68 Å². The van der Waals surface area contributed by atoms with Crippen molar-refractivity contribution in [3.05, 3.63) is 36.2 Å². The van der Waals surface area contributed by atoms with E-state index in [1.807, 2.05) is 24.3 Å². The van der Waals surface area contributed by atoms with Crippen LogP contribution in [0.15, 0.2) is 30.6 Å². The smallest absolute Gasteiger partial charge is 0.143 e. The number of nitrogens with one attached hydrogen (secondary N) is 1. The Bertz CT molecular complexity index is 519. The average Bonchev–Trinajstić information content (AvgIpc) is 3.03. The first-order chi connectivity index (χ1) is 9.83. The molecule has 106 valence electrons. The Morgan fingerprint density at radius 1 is 1.25 bits per heavy atom. The van der Waals surface area contributed by atoms with E-state index in [4.69, 9.17) is 0 Å². The molecule has 1 atom stereocenters. The number of piperidine rings is 1. The van der Waals surface area contributed by atoms with Crippen molar-refractivity contribution in [1.82, 2.24) is 25.5 Å². The maximum atomic E-state index is 10.3. The Hall–Kier alpha value is -1.79. The summed E-state index contributed by atoms with van der Waals surface area (Å²) in [5, 5.41) is 24.7. The van der Waals surface area contributed by atoms with Crippen LogP contribution in [-0.4, -0.2) is 44.5 Å². The molecule has 2 aromatic rings. The number of aliphatic hydroxyl groups excluding tert-OH is 1. The minimum Gasteiger partial charge on any atom is -0.392 e. The van der Waals surface area contributed by atoms with Gasteiger partial charge in [0.05, 0.1) is 11.8 Å². The lowest BCUT2D eigenvalue weighted by Crippen LogP contribution is -2.34. The lowest BCUT2D eigenvalue weighted by molar-refractivity contribution is 0.0891. The van der Waals surface area contributed by atoms with Gasteiger partial charge in [-0.15, -0.1) is 5.10 Å². The van der Waals surface area contributed by atoms with Gasteiger partial charge in [-0.2, -0.15) is 0 Å². The zero-order valence-electron chi connectivity index (χ0n) is 11.3. The van der Waals surface area contributed by atoms with E-state index in [-0.39, 0.29) is 6.10 Å². The number of hydrogen-bond acceptors (Lipinski definition) is 5. The summed E-state index contributed by atoms with van der Waals surface area (Å²) in [5.41, 5.74) is 2.07. The second-order valence-electron chi connectivity index (χ2n) is 5.28. The topological polar surface area (TPSA) is 75.9 Å². The van der Waals surface area contributed by atoms with Crippen LogP contribution in [0.1, 0.15) is 18.4 Å². The zero-order chi connectivity index (χ0) is 13.8. The predicted octanol–water partition coefficient (Wildman–Crippen LogP) is 0.565. The molecule has 20 heavy (non-hydrogen) atoms. The van der Waals surface area contributed by atoms with Crippen LogP contribution in [0.3, 0.4) is 0 Å². The first kappa shape index (κ1) is 13.2. The van der Waals surface area contributed by atoms with Gasteiger partial charge in [-0.3, -0.25) is 0 Å². The highest BCUT2D eigenvalue weighted by atomic mass is 16.3. The van der Waals surface area contributed by atoms with E-state index in [1.165, 1.54) is 0 Å². The lowest BCUT2D eigenvalue weighted by atomic mass is 9.88. The maximum Gasteiger partial charge on any atom is 0.143 e. The van der Waals surface area contributed by atoms with Crippen LogP contribution in [0, 0.1) is 5.92 Å². The number of rotatable bonds is 4. The molecule has 1 fully saturated rings. The van der Waals surface area contributed by atoms with Crippen molar-refractivity contribution in [3.63, 3.8) is 0 Å². The van der Waals surface area contributed by atoms with Crippen LogP contribution in [0.4, 0.5) is 0 Å². The van der Waals surface area contributed by atoms with Gasteiger partial charge < -0.3 is 10.4 Å². The number of aromatic nitrogens is 4. The second kappa shape index (κ2) is 6.11. The minimum atomic E-state index is -0.254. The predicted molar refractivity (Wildman–Crippen MR) is 74.5 cm³/mol. The highest BCUT2D eigenvalue weighted by Gasteiger charge is 2.21. The summed E-state index contributed by atoms with van der Waals surface area (Å²) in [6.07, 6.45) is 4.14. The molecule has 3 rings (SSSR count). The third-order valence-electron chi connectivity index (χ3n) is 3.92. The summed E-state index contributed by atoms with van der Waals surface area (Å²) >= 11 is 0. The Labute approximate surface area is 117 Å². The summed E-state index contributed by atoms with van der Waals surface area (Å²) < 4.78 is 1.62. The van der Waals surface area contributed by atoms with Gasteiger partial charge in [0.2, 0.25) is 0 Å². The second-order valence-corrected chi connectivity index (χ2v) is 5.28. The molecule has 6 nitrogen and oxygen atoms in total. The largest absolute Gasteiger partial charge is 0.392 e. The van der Waals surface area contributed by atoms with E-state index in [1.54, 1.807) is 11.0 Å². The molecule has 1 aromatic carbocycles. The summed E-state index contributed by atoms with van der Waals surface area (Å²) in [7, 11) is 0. The first-order valence-corrected chi connectivity index (χ1v) is 7.04. The molecule has 0 radical (unpaired) electrons. The lowest BCUT2D eigenvalue weighted by Gasteiger charge is -2.27. The number of nitrogens with zero attached hydrogens (tertiary/aromatic N) is 4. The molecule has 1 aliphatic rings. The molecule has 1 saturated heterocycles. The Morgan fingerprint density at radius 3 is 2.65 bits per heavy atom. The van der Waals surface area contributed by atoms with Gasteiger partial charge in [-0.1, -0.05) is 12.1 Å². The van der Waals surface area contributed by atoms with Gasteiger partial charge in [0.25, 0.3) is 0 Å². The molecule has 0 saturated carbocycles. The summed E-state index contributed by atoms with van der Waals surface area (Å²) in [5.74, 6) is 0.412. The van der Waals surface area contributed by atoms with Crippen LogP contribution >= 0.6 is 0 Å². The molecule has 6 heteroatoms.